The number of hydrogen-bond acceptors (Lipinski definition) is 4. The quantitative estimate of drug-likeness (QED) is 0.601. The van der Waals surface area contributed by atoms with Gasteiger partial charge in [-0.1, -0.05) is 20.3 Å². The molecule has 0 aliphatic carbocycles. The van der Waals surface area contributed by atoms with Crippen molar-refractivity contribution in [2.45, 2.75) is 46.5 Å². The van der Waals surface area contributed by atoms with Crippen LogP contribution in [-0.2, 0) is 0 Å². The minimum Gasteiger partial charge on any atom is -0.490 e. The minimum absolute atomic E-state index is 0. The largest absolute Gasteiger partial charge is 0.490 e. The van der Waals surface area contributed by atoms with Gasteiger partial charge in [0.1, 0.15) is 0 Å². The van der Waals surface area contributed by atoms with Crippen molar-refractivity contribution in [3.63, 3.8) is 0 Å². The molecule has 1 heterocycles. The van der Waals surface area contributed by atoms with Gasteiger partial charge in [0.25, 0.3) is 5.91 Å². The Hall–Kier alpha value is -1.46. The molecule has 1 saturated heterocycles. The Morgan fingerprint density at radius 3 is 2.52 bits per heavy atom. The Labute approximate surface area is 170 Å². The topological polar surface area (TPSA) is 50.8 Å². The van der Waals surface area contributed by atoms with E-state index in [2.05, 4.69) is 19.2 Å². The van der Waals surface area contributed by atoms with Crippen LogP contribution in [0.4, 0.5) is 0 Å². The maximum absolute atomic E-state index is 12.9. The van der Waals surface area contributed by atoms with Crippen LogP contribution >= 0.6 is 12.4 Å². The third-order valence-electron chi connectivity index (χ3n) is 4.83. The van der Waals surface area contributed by atoms with Crippen molar-refractivity contribution in [2.75, 3.05) is 39.4 Å². The first-order valence-electron chi connectivity index (χ1n) is 10.1. The molecule has 5 nitrogen and oxygen atoms in total. The van der Waals surface area contributed by atoms with Gasteiger partial charge in [-0.3, -0.25) is 4.79 Å². The van der Waals surface area contributed by atoms with Crippen LogP contribution in [0.1, 0.15) is 56.8 Å². The highest BCUT2D eigenvalue weighted by atomic mass is 35.5. The van der Waals surface area contributed by atoms with Crippen LogP contribution in [0, 0.1) is 5.92 Å². The third kappa shape index (κ3) is 7.23. The Morgan fingerprint density at radius 1 is 1.15 bits per heavy atom. The van der Waals surface area contributed by atoms with E-state index in [1.165, 1.54) is 0 Å². The average molecular weight is 399 g/mol. The fourth-order valence-electron chi connectivity index (χ4n) is 3.23. The van der Waals surface area contributed by atoms with Crippen LogP contribution in [-0.4, -0.2) is 50.2 Å². The molecular formula is C21H35ClN2O3. The van der Waals surface area contributed by atoms with Crippen LogP contribution < -0.4 is 14.8 Å². The standard InChI is InChI=1S/C21H34N2O3.ClH/c1-4-7-14-26-19-9-8-18(15-20(19)25-6-3)21(24)23-12-10-17(11-13-23)16-22-5-2;/h8-9,15,17,22H,4-7,10-14,16H2,1-3H3;1H. The maximum atomic E-state index is 12.9. The lowest BCUT2D eigenvalue weighted by atomic mass is 9.96. The second-order valence-electron chi connectivity index (χ2n) is 6.84. The summed E-state index contributed by atoms with van der Waals surface area (Å²) in [4.78, 5) is 14.8. The monoisotopic (exact) mass is 398 g/mol. The number of halogens is 1. The number of benzene rings is 1. The van der Waals surface area contributed by atoms with Crippen molar-refractivity contribution in [3.05, 3.63) is 23.8 Å². The molecule has 1 aliphatic rings. The smallest absolute Gasteiger partial charge is 0.253 e. The molecular weight excluding hydrogens is 364 g/mol. The van der Waals surface area contributed by atoms with Gasteiger partial charge < -0.3 is 19.7 Å². The first kappa shape index (κ1) is 23.6. The van der Waals surface area contributed by atoms with E-state index in [0.29, 0.717) is 30.4 Å². The van der Waals surface area contributed by atoms with E-state index < -0.39 is 0 Å². The molecule has 1 N–H and O–H groups in total. The van der Waals surface area contributed by atoms with Crippen LogP contribution in [0.3, 0.4) is 0 Å². The summed E-state index contributed by atoms with van der Waals surface area (Å²) in [6.07, 6.45) is 4.23. The van der Waals surface area contributed by atoms with E-state index >= 15 is 0 Å². The Balaban J connectivity index is 0.00000364. The van der Waals surface area contributed by atoms with Crippen LogP contribution in [0.25, 0.3) is 0 Å². The van der Waals surface area contributed by atoms with Crippen molar-refractivity contribution in [2.24, 2.45) is 5.92 Å². The maximum Gasteiger partial charge on any atom is 0.253 e. The highest BCUT2D eigenvalue weighted by molar-refractivity contribution is 5.95. The predicted molar refractivity (Wildman–Crippen MR) is 112 cm³/mol. The number of piperidine rings is 1. The molecule has 0 bridgehead atoms. The Bertz CT molecular complexity index is 560. The average Bonchev–Trinajstić information content (AvgIpc) is 2.67. The molecule has 1 aromatic rings. The summed E-state index contributed by atoms with van der Waals surface area (Å²) in [5.41, 5.74) is 0.682. The molecule has 1 aromatic carbocycles. The highest BCUT2D eigenvalue weighted by Gasteiger charge is 2.24. The third-order valence-corrected chi connectivity index (χ3v) is 4.83. The molecule has 0 unspecified atom stereocenters. The number of nitrogens with one attached hydrogen (secondary N) is 1. The van der Waals surface area contributed by atoms with E-state index in [0.717, 1.165) is 57.6 Å². The summed E-state index contributed by atoms with van der Waals surface area (Å²) in [6, 6.07) is 5.56. The SMILES string of the molecule is CCCCOc1ccc(C(=O)N2CCC(CNCC)CC2)cc1OCC.Cl. The summed E-state index contributed by atoms with van der Waals surface area (Å²) in [5.74, 6) is 2.15. The zero-order valence-corrected chi connectivity index (χ0v) is 17.8. The zero-order chi connectivity index (χ0) is 18.8. The number of nitrogens with zero attached hydrogens (tertiary/aromatic N) is 1. The lowest BCUT2D eigenvalue weighted by Crippen LogP contribution is -2.40. The molecule has 1 aliphatic heterocycles. The normalized spacial score (nSPS) is 14.6. The highest BCUT2D eigenvalue weighted by Crippen LogP contribution is 2.30. The predicted octanol–water partition coefficient (Wildman–Crippen LogP) is 4.15. The summed E-state index contributed by atoms with van der Waals surface area (Å²) in [6.45, 7) is 11.1. The van der Waals surface area contributed by atoms with Crippen molar-refractivity contribution in [3.8, 4) is 11.5 Å². The fourth-order valence-corrected chi connectivity index (χ4v) is 3.23. The number of hydrogen-bond donors (Lipinski definition) is 1. The van der Waals surface area contributed by atoms with Gasteiger partial charge in [0.15, 0.2) is 11.5 Å². The zero-order valence-electron chi connectivity index (χ0n) is 17.0. The number of rotatable bonds is 10. The number of ether oxygens (including phenoxy) is 2. The van der Waals surface area contributed by atoms with Gasteiger partial charge in [-0.05, 0) is 63.4 Å². The van der Waals surface area contributed by atoms with Crippen LogP contribution in [0.2, 0.25) is 0 Å². The Kier molecular flexibility index (Phi) is 11.2. The first-order valence-corrected chi connectivity index (χ1v) is 10.1. The molecule has 0 atom stereocenters. The second kappa shape index (κ2) is 12.8. The van der Waals surface area contributed by atoms with E-state index in [-0.39, 0.29) is 18.3 Å². The van der Waals surface area contributed by atoms with Crippen molar-refractivity contribution in [1.29, 1.82) is 0 Å². The summed E-state index contributed by atoms with van der Waals surface area (Å²) < 4.78 is 11.5. The van der Waals surface area contributed by atoms with Gasteiger partial charge in [0.05, 0.1) is 13.2 Å². The number of carbonyl (C=O) groups excluding carboxylic acids is 1. The number of unbranched alkanes of at least 4 members (excludes halogenated alkanes) is 1. The molecule has 6 heteroatoms. The van der Waals surface area contributed by atoms with Gasteiger partial charge in [-0.2, -0.15) is 0 Å². The summed E-state index contributed by atoms with van der Waals surface area (Å²) in [5, 5.41) is 3.41. The molecule has 1 fully saturated rings. The molecule has 2 rings (SSSR count). The van der Waals surface area contributed by atoms with Crippen LogP contribution in [0.15, 0.2) is 18.2 Å². The molecule has 0 radical (unpaired) electrons. The van der Waals surface area contributed by atoms with E-state index in [1.807, 2.05) is 30.0 Å². The van der Waals surface area contributed by atoms with Gasteiger partial charge in [-0.25, -0.2) is 0 Å². The summed E-state index contributed by atoms with van der Waals surface area (Å²) in [7, 11) is 0. The van der Waals surface area contributed by atoms with Crippen molar-refractivity contribution >= 4 is 18.3 Å². The van der Waals surface area contributed by atoms with Gasteiger partial charge >= 0.3 is 0 Å². The second-order valence-corrected chi connectivity index (χ2v) is 6.84. The summed E-state index contributed by atoms with van der Waals surface area (Å²) >= 11 is 0. The lowest BCUT2D eigenvalue weighted by molar-refractivity contribution is 0.0689. The van der Waals surface area contributed by atoms with E-state index in [4.69, 9.17) is 9.47 Å². The van der Waals surface area contributed by atoms with E-state index in [1.54, 1.807) is 0 Å². The number of likely N-dealkylation sites (tertiary alicyclic amines) is 1. The molecule has 0 aromatic heterocycles. The molecule has 154 valence electrons. The van der Waals surface area contributed by atoms with Gasteiger partial charge in [-0.15, -0.1) is 12.4 Å². The first-order chi connectivity index (χ1) is 12.7. The fraction of sp³-hybridized carbons (Fsp3) is 0.667. The van der Waals surface area contributed by atoms with Crippen LogP contribution in [0.5, 0.6) is 11.5 Å². The molecule has 27 heavy (non-hydrogen) atoms. The van der Waals surface area contributed by atoms with Crippen molar-refractivity contribution in [1.82, 2.24) is 10.2 Å². The van der Waals surface area contributed by atoms with Gasteiger partial charge in [0.2, 0.25) is 0 Å². The number of amides is 1. The van der Waals surface area contributed by atoms with E-state index in [9.17, 15) is 4.79 Å². The Morgan fingerprint density at radius 2 is 1.89 bits per heavy atom. The number of carbonyl (C=O) groups is 1. The molecule has 1 amide bonds. The molecule has 0 saturated carbocycles. The molecule has 0 spiro atoms. The van der Waals surface area contributed by atoms with Gasteiger partial charge in [0, 0.05) is 18.7 Å². The van der Waals surface area contributed by atoms with Crippen molar-refractivity contribution < 1.29 is 14.3 Å². The minimum atomic E-state index is 0. The lowest BCUT2D eigenvalue weighted by Gasteiger charge is -2.32.